The first-order valence-electron chi connectivity index (χ1n) is 9.35. The van der Waals surface area contributed by atoms with Gasteiger partial charge in [0.25, 0.3) is 0 Å². The highest BCUT2D eigenvalue weighted by Gasteiger charge is 2.36. The van der Waals surface area contributed by atoms with Gasteiger partial charge in [-0.1, -0.05) is 18.1 Å². The minimum Gasteiger partial charge on any atom is -0.492 e. The van der Waals surface area contributed by atoms with Crippen LogP contribution in [0, 0.1) is 12.3 Å². The third kappa shape index (κ3) is 5.36. The quantitative estimate of drug-likeness (QED) is 0.579. The van der Waals surface area contributed by atoms with E-state index < -0.39 is 17.3 Å². The first kappa shape index (κ1) is 20.9. The molecule has 2 aromatic rings. The van der Waals surface area contributed by atoms with Crippen molar-refractivity contribution >= 4 is 5.69 Å². The number of nitrogens with two attached hydrogens (primary N) is 1. The fourth-order valence-corrected chi connectivity index (χ4v) is 3.29. The molecule has 0 aliphatic carbocycles. The molecule has 4 nitrogen and oxygen atoms in total. The molecule has 1 fully saturated rings. The molecule has 3 rings (SSSR count). The molecular weight excluding hydrogens is 381 g/mol. The van der Waals surface area contributed by atoms with Crippen molar-refractivity contribution in [2.24, 2.45) is 0 Å². The average molecular weight is 404 g/mol. The van der Waals surface area contributed by atoms with Gasteiger partial charge in [0.2, 0.25) is 0 Å². The van der Waals surface area contributed by atoms with E-state index in [9.17, 15) is 13.2 Å². The largest absolute Gasteiger partial charge is 0.492 e. The summed E-state index contributed by atoms with van der Waals surface area (Å²) in [6, 6.07) is 12.3. The van der Waals surface area contributed by atoms with Crippen molar-refractivity contribution in [3.05, 3.63) is 54.1 Å². The lowest BCUT2D eigenvalue weighted by Crippen LogP contribution is -2.48. The van der Waals surface area contributed by atoms with Gasteiger partial charge in [0.15, 0.2) is 5.60 Å². The summed E-state index contributed by atoms with van der Waals surface area (Å²) in [5.41, 5.74) is 4.88. The van der Waals surface area contributed by atoms with Crippen LogP contribution in [0.1, 0.15) is 18.4 Å². The highest BCUT2D eigenvalue weighted by Crippen LogP contribution is 2.36. The lowest BCUT2D eigenvalue weighted by Gasteiger charge is -2.38. The van der Waals surface area contributed by atoms with E-state index in [1.807, 2.05) is 0 Å². The van der Waals surface area contributed by atoms with Crippen molar-refractivity contribution < 1.29 is 22.6 Å². The van der Waals surface area contributed by atoms with Crippen LogP contribution in [0.15, 0.2) is 48.5 Å². The lowest BCUT2D eigenvalue weighted by molar-refractivity contribution is -0.139. The van der Waals surface area contributed by atoms with Crippen LogP contribution < -0.4 is 15.2 Å². The molecule has 1 saturated heterocycles. The number of terminal acetylenes is 1. The van der Waals surface area contributed by atoms with E-state index in [2.05, 4.69) is 10.8 Å². The molecule has 1 aliphatic heterocycles. The van der Waals surface area contributed by atoms with Gasteiger partial charge in [-0.15, -0.1) is 6.42 Å². The van der Waals surface area contributed by atoms with Crippen LogP contribution in [0.25, 0.3) is 0 Å². The van der Waals surface area contributed by atoms with E-state index in [1.54, 1.807) is 24.3 Å². The molecule has 0 spiro atoms. The number of anilines is 1. The molecule has 0 aromatic heterocycles. The third-order valence-corrected chi connectivity index (χ3v) is 4.98. The summed E-state index contributed by atoms with van der Waals surface area (Å²) >= 11 is 0. The average Bonchev–Trinajstić information content (AvgIpc) is 2.71. The van der Waals surface area contributed by atoms with E-state index in [0.717, 1.165) is 6.07 Å². The maximum absolute atomic E-state index is 13.0. The Hall–Kier alpha value is -2.85. The Morgan fingerprint density at radius 2 is 1.72 bits per heavy atom. The SMILES string of the molecule is C#CC1(Oc2ccc(N)cc2)CCN(CCOc2ccccc2C(F)(F)F)CC1. The molecule has 154 valence electrons. The van der Waals surface area contributed by atoms with Crippen LogP contribution in [0.5, 0.6) is 11.5 Å². The van der Waals surface area contributed by atoms with Gasteiger partial charge in [0, 0.05) is 38.2 Å². The Morgan fingerprint density at radius 1 is 1.07 bits per heavy atom. The van der Waals surface area contributed by atoms with E-state index in [-0.39, 0.29) is 12.4 Å². The predicted octanol–water partition coefficient (Wildman–Crippen LogP) is 4.21. The van der Waals surface area contributed by atoms with Crippen molar-refractivity contribution in [3.8, 4) is 23.8 Å². The van der Waals surface area contributed by atoms with Crippen LogP contribution in [0.3, 0.4) is 0 Å². The van der Waals surface area contributed by atoms with Crippen molar-refractivity contribution in [3.63, 3.8) is 0 Å². The number of piperidine rings is 1. The number of para-hydroxylation sites is 1. The number of nitrogens with zero attached hydrogens (tertiary/aromatic N) is 1. The van der Waals surface area contributed by atoms with Gasteiger partial charge in [-0.25, -0.2) is 0 Å². The van der Waals surface area contributed by atoms with Crippen molar-refractivity contribution in [2.45, 2.75) is 24.6 Å². The Morgan fingerprint density at radius 3 is 2.34 bits per heavy atom. The van der Waals surface area contributed by atoms with Crippen molar-refractivity contribution in [2.75, 3.05) is 32.0 Å². The first-order chi connectivity index (χ1) is 13.8. The fraction of sp³-hybridized carbons (Fsp3) is 0.364. The molecule has 2 aromatic carbocycles. The van der Waals surface area contributed by atoms with Crippen LogP contribution in [-0.4, -0.2) is 36.7 Å². The van der Waals surface area contributed by atoms with Gasteiger partial charge < -0.3 is 15.2 Å². The standard InChI is InChI=1S/C22H23F3N2O2/c1-2-21(29-18-9-7-17(26)8-10-18)11-13-27(14-12-21)15-16-28-20-6-4-3-5-19(20)22(23,24)25/h1,3-10H,11-16,26H2. The zero-order valence-corrected chi connectivity index (χ0v) is 15.9. The predicted molar refractivity (Wildman–Crippen MR) is 106 cm³/mol. The maximum Gasteiger partial charge on any atom is 0.419 e. The zero-order valence-electron chi connectivity index (χ0n) is 15.9. The molecule has 1 aliphatic rings. The highest BCUT2D eigenvalue weighted by atomic mass is 19.4. The summed E-state index contributed by atoms with van der Waals surface area (Å²) in [7, 11) is 0. The summed E-state index contributed by atoms with van der Waals surface area (Å²) in [5.74, 6) is 3.28. The molecule has 0 saturated carbocycles. The van der Waals surface area contributed by atoms with Crippen LogP contribution in [0.2, 0.25) is 0 Å². The van der Waals surface area contributed by atoms with Gasteiger partial charge in [-0.3, -0.25) is 4.90 Å². The molecule has 29 heavy (non-hydrogen) atoms. The van der Waals surface area contributed by atoms with Crippen molar-refractivity contribution in [1.29, 1.82) is 0 Å². The number of halogens is 3. The Balaban J connectivity index is 1.51. The second kappa shape index (κ2) is 8.66. The first-order valence-corrected chi connectivity index (χ1v) is 9.35. The van der Waals surface area contributed by atoms with Crippen molar-refractivity contribution in [1.82, 2.24) is 4.90 Å². The van der Waals surface area contributed by atoms with Crippen LogP contribution in [0.4, 0.5) is 18.9 Å². The Kier molecular flexibility index (Phi) is 6.23. The number of rotatable bonds is 6. The Labute approximate surface area is 168 Å². The highest BCUT2D eigenvalue weighted by molar-refractivity contribution is 5.42. The van der Waals surface area contributed by atoms with Crippen LogP contribution in [-0.2, 0) is 6.18 Å². The number of benzene rings is 2. The third-order valence-electron chi connectivity index (χ3n) is 4.98. The van der Waals surface area contributed by atoms with Gasteiger partial charge in [0.05, 0.1) is 5.56 Å². The summed E-state index contributed by atoms with van der Waals surface area (Å²) in [6.07, 6.45) is 2.54. The van der Waals surface area contributed by atoms with Gasteiger partial charge in [-0.2, -0.15) is 13.2 Å². The van der Waals surface area contributed by atoms with E-state index in [0.29, 0.717) is 43.9 Å². The van der Waals surface area contributed by atoms with E-state index in [1.165, 1.54) is 18.2 Å². The molecule has 0 bridgehead atoms. The second-order valence-electron chi connectivity index (χ2n) is 6.99. The maximum atomic E-state index is 13.0. The van der Waals surface area contributed by atoms with E-state index in [4.69, 9.17) is 21.6 Å². The molecular formula is C22H23F3N2O2. The smallest absolute Gasteiger partial charge is 0.419 e. The minimum absolute atomic E-state index is 0.151. The topological polar surface area (TPSA) is 47.7 Å². The Bertz CT molecular complexity index is 852. The van der Waals surface area contributed by atoms with Crippen LogP contribution >= 0.6 is 0 Å². The normalized spacial score (nSPS) is 16.8. The number of alkyl halides is 3. The summed E-state index contributed by atoms with van der Waals surface area (Å²) < 4.78 is 50.5. The number of hydrogen-bond acceptors (Lipinski definition) is 4. The number of hydrogen-bond donors (Lipinski definition) is 1. The second-order valence-corrected chi connectivity index (χ2v) is 6.99. The van der Waals surface area contributed by atoms with E-state index >= 15 is 0 Å². The molecule has 0 unspecified atom stereocenters. The molecule has 1 heterocycles. The minimum atomic E-state index is -4.44. The fourth-order valence-electron chi connectivity index (χ4n) is 3.29. The van der Waals surface area contributed by atoms with Gasteiger partial charge in [0.1, 0.15) is 18.1 Å². The summed E-state index contributed by atoms with van der Waals surface area (Å²) in [5, 5.41) is 0. The van der Waals surface area contributed by atoms with Gasteiger partial charge in [-0.05, 0) is 36.4 Å². The molecule has 0 radical (unpaired) electrons. The number of ether oxygens (including phenoxy) is 2. The number of likely N-dealkylation sites (tertiary alicyclic amines) is 1. The molecule has 0 atom stereocenters. The molecule has 0 amide bonds. The lowest BCUT2D eigenvalue weighted by atomic mass is 9.92. The monoisotopic (exact) mass is 404 g/mol. The zero-order chi connectivity index (χ0) is 20.9. The summed E-state index contributed by atoms with van der Waals surface area (Å²) in [4.78, 5) is 2.11. The van der Waals surface area contributed by atoms with Gasteiger partial charge >= 0.3 is 6.18 Å². The number of nitrogen functional groups attached to an aromatic ring is 1. The molecule has 2 N–H and O–H groups in total. The molecule has 7 heteroatoms. The summed E-state index contributed by atoms with van der Waals surface area (Å²) in [6.45, 7) is 2.01.